The van der Waals surface area contributed by atoms with Gasteiger partial charge >= 0.3 is 5.69 Å². The number of sulfone groups is 1. The fraction of sp³-hybridized carbons (Fsp3) is 0.308. The van der Waals surface area contributed by atoms with E-state index < -0.39 is 39.6 Å². The lowest BCUT2D eigenvalue weighted by Gasteiger charge is -2.29. The van der Waals surface area contributed by atoms with E-state index in [2.05, 4.69) is 0 Å². The molecule has 1 unspecified atom stereocenters. The summed E-state index contributed by atoms with van der Waals surface area (Å²) in [6.45, 7) is 1.16. The first-order valence-corrected chi connectivity index (χ1v) is 14.8. The van der Waals surface area contributed by atoms with E-state index in [1.807, 2.05) is 0 Å². The van der Waals surface area contributed by atoms with Crippen molar-refractivity contribution >= 4 is 50.1 Å². The maximum atomic E-state index is 13.9. The number of benzene rings is 2. The van der Waals surface area contributed by atoms with Crippen molar-refractivity contribution in [1.29, 1.82) is 0 Å². The van der Waals surface area contributed by atoms with Crippen molar-refractivity contribution in [3.63, 3.8) is 0 Å². The largest absolute Gasteiger partial charge is 0.368 e. The summed E-state index contributed by atoms with van der Waals surface area (Å²) >= 11 is 12.7. The molecule has 5 rings (SSSR count). The predicted molar refractivity (Wildman–Crippen MR) is 150 cm³/mol. The molecule has 3 heterocycles. The number of aromatic nitrogens is 4. The molecule has 1 amide bonds. The Morgan fingerprint density at radius 1 is 1.08 bits per heavy atom. The molecule has 0 spiro atoms. The highest BCUT2D eigenvalue weighted by Crippen LogP contribution is 2.34. The minimum absolute atomic E-state index is 0.00487. The number of hydrogen-bond donors (Lipinski definition) is 1. The van der Waals surface area contributed by atoms with Gasteiger partial charge in [0.2, 0.25) is 5.91 Å². The predicted octanol–water partition coefficient (Wildman–Crippen LogP) is 3.19. The fourth-order valence-corrected chi connectivity index (χ4v) is 7.01. The van der Waals surface area contributed by atoms with Crippen LogP contribution in [0.15, 0.2) is 58.1 Å². The highest BCUT2D eigenvalue weighted by molar-refractivity contribution is 7.91. The van der Waals surface area contributed by atoms with Crippen LogP contribution in [0.5, 0.6) is 0 Å². The smallest absolute Gasteiger partial charge is 0.333 e. The van der Waals surface area contributed by atoms with E-state index in [0.717, 1.165) is 4.57 Å². The van der Waals surface area contributed by atoms with Gasteiger partial charge in [0.15, 0.2) is 11.2 Å². The van der Waals surface area contributed by atoms with Crippen LogP contribution in [0.4, 0.5) is 0 Å². The third kappa shape index (κ3) is 5.02. The zero-order valence-corrected chi connectivity index (χ0v) is 23.2. The van der Waals surface area contributed by atoms with Crippen molar-refractivity contribution in [1.82, 2.24) is 18.7 Å². The molecular weight excluding hydrogens is 565 g/mol. The second kappa shape index (κ2) is 10.3. The highest BCUT2D eigenvalue weighted by atomic mass is 35.5. The van der Waals surface area contributed by atoms with Crippen LogP contribution in [0.25, 0.3) is 28.2 Å². The minimum Gasteiger partial charge on any atom is -0.368 e. The first kappa shape index (κ1) is 27.2. The summed E-state index contributed by atoms with van der Waals surface area (Å²) in [5.74, 6) is -0.729. The third-order valence-corrected chi connectivity index (χ3v) is 9.47. The number of rotatable bonds is 6. The van der Waals surface area contributed by atoms with E-state index in [1.165, 1.54) is 4.57 Å². The summed E-state index contributed by atoms with van der Waals surface area (Å²) in [4.78, 5) is 44.3. The van der Waals surface area contributed by atoms with Gasteiger partial charge in [-0.15, -0.1) is 0 Å². The molecule has 4 aromatic rings. The molecule has 0 aliphatic carbocycles. The number of carbonyl (C=O) groups excluding carboxylic acids is 1. The average Bonchev–Trinajstić information content (AvgIpc) is 3.27. The molecule has 204 valence electrons. The third-order valence-electron chi connectivity index (χ3n) is 7.17. The van der Waals surface area contributed by atoms with Crippen molar-refractivity contribution in [2.45, 2.75) is 32.4 Å². The molecule has 1 aliphatic rings. The first-order valence-electron chi connectivity index (χ1n) is 12.3. The Labute approximate surface area is 233 Å². The quantitative estimate of drug-likeness (QED) is 0.366. The van der Waals surface area contributed by atoms with Crippen LogP contribution in [-0.4, -0.2) is 44.5 Å². The zero-order valence-electron chi connectivity index (χ0n) is 20.9. The van der Waals surface area contributed by atoms with Crippen LogP contribution < -0.4 is 17.0 Å². The normalized spacial score (nSPS) is 16.4. The fourth-order valence-electron chi connectivity index (χ4n) is 5.13. The summed E-state index contributed by atoms with van der Waals surface area (Å²) in [7, 11) is -3.15. The molecule has 1 atom stereocenters. The van der Waals surface area contributed by atoms with Gasteiger partial charge in [-0.2, -0.15) is 0 Å². The minimum atomic E-state index is -3.15. The van der Waals surface area contributed by atoms with Gasteiger partial charge in [-0.05, 0) is 62.1 Å². The van der Waals surface area contributed by atoms with E-state index in [1.54, 1.807) is 60.0 Å². The van der Waals surface area contributed by atoms with Gasteiger partial charge in [-0.25, -0.2) is 22.8 Å². The van der Waals surface area contributed by atoms with Gasteiger partial charge in [0.25, 0.3) is 5.56 Å². The van der Waals surface area contributed by atoms with Gasteiger partial charge < -0.3 is 5.73 Å². The van der Waals surface area contributed by atoms with Crippen LogP contribution >= 0.6 is 23.2 Å². The van der Waals surface area contributed by atoms with Crippen molar-refractivity contribution in [2.75, 3.05) is 11.5 Å². The molecule has 2 aromatic heterocycles. The molecule has 2 aromatic carbocycles. The maximum Gasteiger partial charge on any atom is 0.333 e. The molecule has 0 bridgehead atoms. The van der Waals surface area contributed by atoms with Crippen molar-refractivity contribution in [3.8, 4) is 17.1 Å². The van der Waals surface area contributed by atoms with Gasteiger partial charge in [0, 0.05) is 22.3 Å². The Bertz CT molecular complexity index is 1810. The lowest BCUT2D eigenvalue weighted by Crippen LogP contribution is -2.45. The van der Waals surface area contributed by atoms with Crippen molar-refractivity contribution < 1.29 is 13.2 Å². The first-order chi connectivity index (χ1) is 18.5. The Kier molecular flexibility index (Phi) is 7.17. The number of amides is 1. The zero-order chi connectivity index (χ0) is 28.1. The number of primary amides is 1. The molecule has 2 N–H and O–H groups in total. The van der Waals surface area contributed by atoms with Crippen LogP contribution in [-0.2, 0) is 21.2 Å². The van der Waals surface area contributed by atoms with Gasteiger partial charge in [-0.1, -0.05) is 35.3 Å². The molecule has 0 radical (unpaired) electrons. The Balaban J connectivity index is 1.88. The highest BCUT2D eigenvalue weighted by Gasteiger charge is 2.32. The van der Waals surface area contributed by atoms with E-state index in [0.29, 0.717) is 40.0 Å². The number of fused-ring (bicyclic) bond motifs is 1. The van der Waals surface area contributed by atoms with Crippen molar-refractivity contribution in [3.05, 3.63) is 79.4 Å². The number of nitrogens with zero attached hydrogens (tertiary/aromatic N) is 4. The molecule has 10 nitrogen and oxygen atoms in total. The van der Waals surface area contributed by atoms with Crippen molar-refractivity contribution in [2.24, 2.45) is 11.7 Å². The second-order valence-corrected chi connectivity index (χ2v) is 12.8. The number of nitrogens with two attached hydrogens (primary N) is 1. The molecule has 39 heavy (non-hydrogen) atoms. The van der Waals surface area contributed by atoms with E-state index >= 15 is 0 Å². The SMILES string of the molecule is CC(C1CCS(=O)(=O)CC1)n1c(=O)n(CC(N)=O)c(=O)c2c1nc(-c1ccccc1Cl)n2-c1ccc(Cl)cc1. The lowest BCUT2D eigenvalue weighted by atomic mass is 9.94. The maximum absolute atomic E-state index is 13.9. The molecule has 1 aliphatic heterocycles. The summed E-state index contributed by atoms with van der Waals surface area (Å²) in [5, 5.41) is 0.853. The Morgan fingerprint density at radius 2 is 1.72 bits per heavy atom. The van der Waals surface area contributed by atoms with Crippen LogP contribution in [0, 0.1) is 5.92 Å². The van der Waals surface area contributed by atoms with Crippen LogP contribution in [0.3, 0.4) is 0 Å². The number of hydrogen-bond acceptors (Lipinski definition) is 6. The Hall–Kier alpha value is -3.41. The van der Waals surface area contributed by atoms with E-state index in [4.69, 9.17) is 33.9 Å². The second-order valence-electron chi connectivity index (χ2n) is 9.64. The summed E-state index contributed by atoms with van der Waals surface area (Å²) in [5.41, 5.74) is 5.10. The summed E-state index contributed by atoms with van der Waals surface area (Å²) < 4.78 is 27.9. The molecule has 0 saturated carbocycles. The average molecular weight is 590 g/mol. The summed E-state index contributed by atoms with van der Waals surface area (Å²) in [6, 6.07) is 13.1. The Morgan fingerprint density at radius 3 is 2.33 bits per heavy atom. The van der Waals surface area contributed by atoms with Crippen LogP contribution in [0.1, 0.15) is 25.8 Å². The summed E-state index contributed by atoms with van der Waals surface area (Å²) in [6.07, 6.45) is 0.698. The van der Waals surface area contributed by atoms with Crippen LogP contribution in [0.2, 0.25) is 10.0 Å². The molecule has 1 saturated heterocycles. The molecular formula is C26H25Cl2N5O5S. The molecule has 13 heteroatoms. The number of carbonyl (C=O) groups is 1. The van der Waals surface area contributed by atoms with Gasteiger partial charge in [0.1, 0.15) is 22.2 Å². The molecule has 1 fully saturated rings. The standard InChI is InChI=1S/C26H25Cl2N5O5S/c1-15(16-10-12-39(37,38)13-11-16)32-24-22(25(35)31(26(32)36)14-21(29)34)33(18-8-6-17(27)7-9-18)23(30-24)19-4-2-3-5-20(19)28/h2-9,15-16H,10-14H2,1H3,(H2,29,34). The van der Waals surface area contributed by atoms with E-state index in [9.17, 15) is 22.8 Å². The van der Waals surface area contributed by atoms with E-state index in [-0.39, 0.29) is 28.6 Å². The van der Waals surface area contributed by atoms with Gasteiger partial charge in [0.05, 0.1) is 16.5 Å². The topological polar surface area (TPSA) is 139 Å². The number of imidazole rings is 1. The number of halogens is 2. The van der Waals surface area contributed by atoms with Gasteiger partial charge in [-0.3, -0.25) is 18.7 Å². The lowest BCUT2D eigenvalue weighted by molar-refractivity contribution is -0.118. The monoisotopic (exact) mass is 589 g/mol.